The predicted octanol–water partition coefficient (Wildman–Crippen LogP) is 7.38. The van der Waals surface area contributed by atoms with Gasteiger partial charge in [0.1, 0.15) is 11.5 Å². The molecule has 1 radical (unpaired) electrons. The summed E-state index contributed by atoms with van der Waals surface area (Å²) in [6.45, 7) is 19.1. The Morgan fingerprint density at radius 3 is 1.23 bits per heavy atom. The molecule has 0 aliphatic carbocycles. The number of phenols is 2. The molecule has 2 unspecified atom stereocenters. The molecule has 0 saturated carbocycles. The first-order chi connectivity index (χ1) is 21.5. The van der Waals surface area contributed by atoms with Crippen molar-refractivity contribution in [1.82, 2.24) is 0 Å². The molecule has 0 aliphatic heterocycles. The number of nitrogens with zero attached hydrogens (tertiary/aromatic N) is 2. The van der Waals surface area contributed by atoms with Gasteiger partial charge >= 0.3 is 16.8 Å². The van der Waals surface area contributed by atoms with Crippen LogP contribution in [0.25, 0.3) is 0 Å². The molecule has 2 atom stereocenters. The van der Waals surface area contributed by atoms with Crippen molar-refractivity contribution in [3.8, 4) is 11.5 Å². The first kappa shape index (κ1) is 43.0. The van der Waals surface area contributed by atoms with E-state index in [1.54, 1.807) is 12.4 Å². The van der Waals surface area contributed by atoms with Crippen LogP contribution in [0.3, 0.4) is 0 Å². The van der Waals surface area contributed by atoms with Crippen LogP contribution in [0.4, 0.5) is 11.4 Å². The summed E-state index contributed by atoms with van der Waals surface area (Å²) in [5.74, 6) is -0.400. The second-order valence-electron chi connectivity index (χ2n) is 12.0. The summed E-state index contributed by atoms with van der Waals surface area (Å²) in [5, 5.41) is 39.7. The number of carboxylic acids is 2. The Bertz CT molecular complexity index is 1390. The number of aromatic hydroxyl groups is 2. The van der Waals surface area contributed by atoms with Crippen LogP contribution in [-0.4, -0.2) is 34.6 Å². The molecule has 47 heavy (non-hydrogen) atoms. The Labute approximate surface area is 290 Å². The third-order valence-electron chi connectivity index (χ3n) is 7.56. The number of carbonyl (C=O) groups is 2. The molecule has 3 aromatic rings. The normalized spacial score (nSPS) is 12.2. The van der Waals surface area contributed by atoms with Gasteiger partial charge < -0.3 is 30.0 Å². The molecule has 2 N–H and O–H groups in total. The third kappa shape index (κ3) is 14.1. The van der Waals surface area contributed by atoms with E-state index in [2.05, 4.69) is 67.5 Å². The van der Waals surface area contributed by atoms with Crippen LogP contribution in [0.5, 0.6) is 11.5 Å². The fraction of sp³-hybridized carbons (Fsp3) is 0.421. The summed E-state index contributed by atoms with van der Waals surface area (Å²) < 4.78 is 0. The molecule has 3 rings (SSSR count). The van der Waals surface area contributed by atoms with Gasteiger partial charge in [-0.1, -0.05) is 79.7 Å². The van der Waals surface area contributed by atoms with E-state index in [4.69, 9.17) is 29.8 Å². The second kappa shape index (κ2) is 21.0. The van der Waals surface area contributed by atoms with Gasteiger partial charge in [-0.05, 0) is 96.9 Å². The van der Waals surface area contributed by atoms with Crippen molar-refractivity contribution in [2.24, 2.45) is 9.98 Å². The molecule has 0 spiro atoms. The minimum Gasteiger partial charge on any atom is -0.550 e. The second-order valence-corrected chi connectivity index (χ2v) is 12.0. The van der Waals surface area contributed by atoms with Crippen LogP contribution in [0.2, 0.25) is 0 Å². The van der Waals surface area contributed by atoms with Crippen LogP contribution in [0.15, 0.2) is 58.5 Å². The number of para-hydroxylation sites is 2. The van der Waals surface area contributed by atoms with Crippen molar-refractivity contribution in [2.45, 2.75) is 106 Å². The standard InChI is InChI=1S/C34H44N2O2.2C2H4O2.Co/c1-9-23(7)25-15-27(33(37)29(17-25)21(3)4)19-35-31-13-11-12-14-32(31)36-20-28-16-26(24(8)10-2)18-30(22(5)6)34(28)38;2*1-2(3)4;/h11-24,37-38H,9-10H2,1-8H3;2*1H3,(H,3,4);/q;;;+2/p-2. The third-order valence-corrected chi connectivity index (χ3v) is 7.56. The predicted molar refractivity (Wildman–Crippen MR) is 184 cm³/mol. The van der Waals surface area contributed by atoms with Crippen LogP contribution in [0, 0.1) is 0 Å². The zero-order valence-electron chi connectivity index (χ0n) is 29.3. The van der Waals surface area contributed by atoms with Crippen molar-refractivity contribution < 1.29 is 46.8 Å². The molecule has 8 nitrogen and oxygen atoms in total. The molecule has 257 valence electrons. The first-order valence-electron chi connectivity index (χ1n) is 15.8. The number of aliphatic imine (C=N–C) groups is 2. The van der Waals surface area contributed by atoms with Gasteiger partial charge in [-0.3, -0.25) is 9.98 Å². The van der Waals surface area contributed by atoms with Gasteiger partial charge in [-0.25, -0.2) is 0 Å². The summed E-state index contributed by atoms with van der Waals surface area (Å²) >= 11 is 0. The Balaban J connectivity index is 0.00000211. The molecular weight excluding hydrogens is 639 g/mol. The van der Waals surface area contributed by atoms with Crippen molar-refractivity contribution in [1.29, 1.82) is 0 Å². The molecule has 0 bridgehead atoms. The molecule has 0 aromatic heterocycles. The number of phenolic OH excluding ortho intramolecular Hbond substituents is 2. The van der Waals surface area contributed by atoms with E-state index in [-0.39, 0.29) is 40.1 Å². The summed E-state index contributed by atoms with van der Waals surface area (Å²) in [6, 6.07) is 16.0. The average molecular weight is 690 g/mol. The Kier molecular flexibility index (Phi) is 19.3. The van der Waals surface area contributed by atoms with Crippen molar-refractivity contribution in [2.75, 3.05) is 0 Å². The largest absolute Gasteiger partial charge is 2.00 e. The van der Waals surface area contributed by atoms with Gasteiger partial charge in [0, 0.05) is 35.5 Å². The quantitative estimate of drug-likeness (QED) is 0.213. The minimum atomic E-state index is -1.08. The van der Waals surface area contributed by atoms with Gasteiger partial charge in [0.05, 0.1) is 11.4 Å². The molecule has 3 aromatic carbocycles. The SMILES string of the molecule is CC(=O)[O-].CC(=O)[O-].CCC(C)c1cc(C=Nc2ccccc2N=Cc2cc(C(C)CC)cc(C(C)C)c2O)c(O)c(C(C)C)c1.[Co+2]. The maximum atomic E-state index is 11.0. The number of carbonyl (C=O) groups excluding carboxylic acids is 2. The summed E-state index contributed by atoms with van der Waals surface area (Å²) in [5.41, 5.74) is 7.12. The first-order valence-corrected chi connectivity index (χ1v) is 15.8. The average Bonchev–Trinajstić information content (AvgIpc) is 2.98. The van der Waals surface area contributed by atoms with Crippen molar-refractivity contribution in [3.63, 3.8) is 0 Å². The number of aliphatic carboxylic acids is 2. The summed E-state index contributed by atoms with van der Waals surface area (Å²) in [6.07, 6.45) is 5.53. The zero-order valence-corrected chi connectivity index (χ0v) is 30.3. The molecule has 0 fully saturated rings. The smallest absolute Gasteiger partial charge is 0.550 e. The molecule has 0 saturated heterocycles. The molecular formula is C38H50CoN2O6. The van der Waals surface area contributed by atoms with E-state index in [1.165, 1.54) is 11.1 Å². The molecule has 0 aliphatic rings. The fourth-order valence-electron chi connectivity index (χ4n) is 4.49. The van der Waals surface area contributed by atoms with E-state index >= 15 is 0 Å². The Hall–Kier alpha value is -3.95. The van der Waals surface area contributed by atoms with Crippen LogP contribution < -0.4 is 10.2 Å². The maximum Gasteiger partial charge on any atom is 2.00 e. The number of hydrogen-bond acceptors (Lipinski definition) is 8. The zero-order chi connectivity index (χ0) is 35.1. The van der Waals surface area contributed by atoms with E-state index in [0.29, 0.717) is 34.3 Å². The van der Waals surface area contributed by atoms with Crippen LogP contribution in [-0.2, 0) is 26.4 Å². The summed E-state index contributed by atoms with van der Waals surface area (Å²) in [4.78, 5) is 27.3. The topological polar surface area (TPSA) is 145 Å². The van der Waals surface area contributed by atoms with E-state index < -0.39 is 11.9 Å². The summed E-state index contributed by atoms with van der Waals surface area (Å²) in [7, 11) is 0. The van der Waals surface area contributed by atoms with Gasteiger partial charge in [0.15, 0.2) is 0 Å². The van der Waals surface area contributed by atoms with E-state index in [9.17, 15) is 10.2 Å². The van der Waals surface area contributed by atoms with Crippen molar-refractivity contribution >= 4 is 35.7 Å². The molecule has 0 amide bonds. The van der Waals surface area contributed by atoms with Gasteiger partial charge in [0.2, 0.25) is 0 Å². The maximum absolute atomic E-state index is 11.0. The Morgan fingerprint density at radius 1 is 0.681 bits per heavy atom. The van der Waals surface area contributed by atoms with Gasteiger partial charge in [-0.2, -0.15) is 0 Å². The van der Waals surface area contributed by atoms with Crippen molar-refractivity contribution in [3.05, 3.63) is 81.9 Å². The van der Waals surface area contributed by atoms with Gasteiger partial charge in [0.25, 0.3) is 0 Å². The number of benzene rings is 3. The number of rotatable bonds is 10. The van der Waals surface area contributed by atoms with Gasteiger partial charge in [-0.15, -0.1) is 0 Å². The number of carboxylic acid groups (broad SMARTS) is 2. The Morgan fingerprint density at radius 2 is 0.979 bits per heavy atom. The van der Waals surface area contributed by atoms with Crippen LogP contribution >= 0.6 is 0 Å². The van der Waals surface area contributed by atoms with E-state index in [0.717, 1.165) is 37.8 Å². The monoisotopic (exact) mass is 689 g/mol. The number of hydrogen-bond donors (Lipinski definition) is 2. The molecule has 0 heterocycles. The molecule has 9 heteroatoms. The minimum absolute atomic E-state index is 0. The van der Waals surface area contributed by atoms with Crippen LogP contribution in [0.1, 0.15) is 139 Å². The fourth-order valence-corrected chi connectivity index (χ4v) is 4.49. The van der Waals surface area contributed by atoms with E-state index in [1.807, 2.05) is 36.4 Å².